The van der Waals surface area contributed by atoms with Crippen LogP contribution >= 0.6 is 7.72 Å². The van der Waals surface area contributed by atoms with Crippen molar-refractivity contribution in [1.82, 2.24) is 0 Å². The molecule has 0 radical (unpaired) electrons. The SMILES string of the molecule is COC(=O)CCC1=C([P+](O)(O)Cc2ccccc2)CCO1. The van der Waals surface area contributed by atoms with Crippen molar-refractivity contribution in [2.24, 2.45) is 0 Å². The quantitative estimate of drug-likeness (QED) is 0.624. The first-order valence-corrected chi connectivity index (χ1v) is 8.70. The maximum absolute atomic E-state index is 11.2. The molecule has 1 heterocycles. The molecule has 0 unspecified atom stereocenters. The third-order valence-corrected chi connectivity index (χ3v) is 5.54. The summed E-state index contributed by atoms with van der Waals surface area (Å²) in [4.78, 5) is 32.1. The average molecular weight is 311 g/mol. The van der Waals surface area contributed by atoms with E-state index in [1.54, 1.807) is 0 Å². The molecule has 5 nitrogen and oxygen atoms in total. The number of carbonyl (C=O) groups excluding carboxylic acids is 1. The number of methoxy groups -OCH3 is 1. The van der Waals surface area contributed by atoms with Crippen LogP contribution in [0.1, 0.15) is 24.8 Å². The van der Waals surface area contributed by atoms with E-state index in [1.165, 1.54) is 7.11 Å². The molecule has 2 N–H and O–H groups in total. The maximum Gasteiger partial charge on any atom is 0.305 e. The standard InChI is InChI=1S/C15H20O5P/c1-19-15(16)8-7-13-14(9-10-20-13)21(17,18)11-12-5-3-2-4-6-12/h2-6,17-18H,7-11H2,1H3/q+1. The van der Waals surface area contributed by atoms with Crippen LogP contribution in [0.2, 0.25) is 0 Å². The Morgan fingerprint density at radius 2 is 2.05 bits per heavy atom. The molecule has 2 rings (SSSR count). The van der Waals surface area contributed by atoms with E-state index in [2.05, 4.69) is 4.74 Å². The highest BCUT2D eigenvalue weighted by molar-refractivity contribution is 7.68. The van der Waals surface area contributed by atoms with E-state index in [-0.39, 0.29) is 18.6 Å². The summed E-state index contributed by atoms with van der Waals surface area (Å²) in [6.07, 6.45) is 1.23. The van der Waals surface area contributed by atoms with Gasteiger partial charge in [0, 0.05) is 12.8 Å². The van der Waals surface area contributed by atoms with Crippen LogP contribution in [0.3, 0.4) is 0 Å². The van der Waals surface area contributed by atoms with E-state index < -0.39 is 7.72 Å². The first kappa shape index (κ1) is 16.0. The molecule has 1 aromatic carbocycles. The van der Waals surface area contributed by atoms with Crippen molar-refractivity contribution >= 4 is 13.7 Å². The van der Waals surface area contributed by atoms with Gasteiger partial charge in [0.1, 0.15) is 11.9 Å². The molecule has 21 heavy (non-hydrogen) atoms. The molecule has 1 aliphatic heterocycles. The summed E-state index contributed by atoms with van der Waals surface area (Å²) in [5.74, 6) is 0.204. The Morgan fingerprint density at radius 3 is 2.71 bits per heavy atom. The van der Waals surface area contributed by atoms with E-state index in [1.807, 2.05) is 30.3 Å². The Kier molecular flexibility index (Phi) is 5.34. The molecule has 0 bridgehead atoms. The summed E-state index contributed by atoms with van der Waals surface area (Å²) in [5, 5.41) is 0.565. The third kappa shape index (κ3) is 4.27. The lowest BCUT2D eigenvalue weighted by Crippen LogP contribution is -2.03. The van der Waals surface area contributed by atoms with E-state index >= 15 is 0 Å². The van der Waals surface area contributed by atoms with Gasteiger partial charge in [0.05, 0.1) is 20.1 Å². The van der Waals surface area contributed by atoms with E-state index in [0.29, 0.717) is 30.5 Å². The Labute approximate surface area is 124 Å². The van der Waals surface area contributed by atoms with Gasteiger partial charge in [0.2, 0.25) is 0 Å². The summed E-state index contributed by atoms with van der Waals surface area (Å²) in [6, 6.07) is 9.36. The van der Waals surface area contributed by atoms with Crippen LogP contribution in [0.4, 0.5) is 0 Å². The summed E-state index contributed by atoms with van der Waals surface area (Å²) >= 11 is 0. The second-order valence-electron chi connectivity index (χ2n) is 4.92. The number of hydrogen-bond acceptors (Lipinski definition) is 5. The van der Waals surface area contributed by atoms with Gasteiger partial charge in [0.15, 0.2) is 5.31 Å². The van der Waals surface area contributed by atoms with Crippen LogP contribution in [-0.4, -0.2) is 29.5 Å². The highest BCUT2D eigenvalue weighted by atomic mass is 31.2. The molecule has 0 saturated heterocycles. The Bertz CT molecular complexity index is 524. The highest BCUT2D eigenvalue weighted by Gasteiger charge is 2.44. The first-order valence-electron chi connectivity index (χ1n) is 6.82. The molecule has 1 aromatic rings. The van der Waals surface area contributed by atoms with Gasteiger partial charge < -0.3 is 9.47 Å². The fourth-order valence-corrected chi connectivity index (χ4v) is 4.28. The highest BCUT2D eigenvalue weighted by Crippen LogP contribution is 2.64. The smallest absolute Gasteiger partial charge is 0.305 e. The molecule has 0 amide bonds. The summed E-state index contributed by atoms with van der Waals surface area (Å²) < 4.78 is 10.1. The van der Waals surface area contributed by atoms with Crippen molar-refractivity contribution in [3.8, 4) is 0 Å². The van der Waals surface area contributed by atoms with Gasteiger partial charge in [-0.15, -0.1) is 0 Å². The Morgan fingerprint density at radius 1 is 1.33 bits per heavy atom. The molecule has 0 aliphatic carbocycles. The van der Waals surface area contributed by atoms with E-state index in [4.69, 9.17) is 4.74 Å². The summed E-state index contributed by atoms with van der Waals surface area (Å²) in [5.41, 5.74) is 0.877. The molecule has 6 heteroatoms. The average Bonchev–Trinajstić information content (AvgIpc) is 2.94. The Balaban J connectivity index is 2.10. The zero-order chi connectivity index (χ0) is 15.3. The molecule has 114 valence electrons. The van der Waals surface area contributed by atoms with Gasteiger partial charge in [0.25, 0.3) is 0 Å². The van der Waals surface area contributed by atoms with Crippen LogP contribution in [0, 0.1) is 0 Å². The number of rotatable bonds is 6. The number of ether oxygens (including phenoxy) is 2. The molecular formula is C15H20O5P+. The number of benzene rings is 1. The minimum atomic E-state index is -3.23. The third-order valence-electron chi connectivity index (χ3n) is 3.40. The van der Waals surface area contributed by atoms with Crippen molar-refractivity contribution in [1.29, 1.82) is 0 Å². The Hall–Kier alpha value is -1.42. The molecule has 1 aliphatic rings. The van der Waals surface area contributed by atoms with Crippen molar-refractivity contribution in [3.05, 3.63) is 47.0 Å². The van der Waals surface area contributed by atoms with Crippen LogP contribution < -0.4 is 0 Å². The van der Waals surface area contributed by atoms with Gasteiger partial charge >= 0.3 is 13.7 Å². The maximum atomic E-state index is 11.2. The first-order chi connectivity index (χ1) is 10.0. The second kappa shape index (κ2) is 7.03. The van der Waals surface area contributed by atoms with Crippen LogP contribution in [0.15, 0.2) is 41.4 Å². The number of allylic oxidation sites excluding steroid dienone is 1. The molecule has 0 aromatic heterocycles. The van der Waals surface area contributed by atoms with Crippen molar-refractivity contribution < 1.29 is 24.1 Å². The van der Waals surface area contributed by atoms with Crippen LogP contribution in [0.25, 0.3) is 0 Å². The fourth-order valence-electron chi connectivity index (χ4n) is 2.34. The van der Waals surface area contributed by atoms with Crippen molar-refractivity contribution in [3.63, 3.8) is 0 Å². The molecular weight excluding hydrogens is 291 g/mol. The predicted molar refractivity (Wildman–Crippen MR) is 80.3 cm³/mol. The minimum Gasteiger partial charge on any atom is -0.493 e. The largest absolute Gasteiger partial charge is 0.493 e. The lowest BCUT2D eigenvalue weighted by Gasteiger charge is -2.14. The molecule has 0 saturated carbocycles. The monoisotopic (exact) mass is 311 g/mol. The van der Waals surface area contributed by atoms with Crippen molar-refractivity contribution in [2.75, 3.05) is 13.7 Å². The van der Waals surface area contributed by atoms with E-state index in [0.717, 1.165) is 5.56 Å². The normalized spacial score (nSPS) is 15.0. The predicted octanol–water partition coefficient (Wildman–Crippen LogP) is 2.60. The lowest BCUT2D eigenvalue weighted by molar-refractivity contribution is -0.140. The topological polar surface area (TPSA) is 76.0 Å². The molecule has 0 atom stereocenters. The number of esters is 1. The van der Waals surface area contributed by atoms with Gasteiger partial charge in [-0.05, 0) is 5.56 Å². The van der Waals surface area contributed by atoms with Gasteiger partial charge in [-0.1, -0.05) is 30.3 Å². The van der Waals surface area contributed by atoms with E-state index in [9.17, 15) is 14.6 Å². The zero-order valence-corrected chi connectivity index (χ0v) is 12.9. The van der Waals surface area contributed by atoms with Gasteiger partial charge in [-0.3, -0.25) is 4.79 Å². The zero-order valence-electron chi connectivity index (χ0n) is 12.0. The van der Waals surface area contributed by atoms with Crippen LogP contribution in [0.5, 0.6) is 0 Å². The van der Waals surface area contributed by atoms with Crippen molar-refractivity contribution in [2.45, 2.75) is 25.4 Å². The van der Waals surface area contributed by atoms with Gasteiger partial charge in [-0.25, -0.2) is 9.79 Å². The molecule has 0 spiro atoms. The number of hydrogen-bond donors (Lipinski definition) is 2. The number of carbonyl (C=O) groups is 1. The lowest BCUT2D eigenvalue weighted by atomic mass is 10.2. The summed E-state index contributed by atoms with van der Waals surface area (Å²) in [7, 11) is -1.90. The summed E-state index contributed by atoms with van der Waals surface area (Å²) in [6.45, 7) is 0.434. The second-order valence-corrected chi connectivity index (χ2v) is 7.24. The fraction of sp³-hybridized carbons (Fsp3) is 0.400. The van der Waals surface area contributed by atoms with Crippen LogP contribution in [-0.2, 0) is 20.4 Å². The minimum absolute atomic E-state index is 0.181. The molecule has 0 fully saturated rings. The van der Waals surface area contributed by atoms with Gasteiger partial charge in [-0.2, -0.15) is 0 Å².